The fraction of sp³-hybridized carbons (Fsp3) is 0.259. The van der Waals surface area contributed by atoms with Crippen molar-refractivity contribution in [3.8, 4) is 23.0 Å². The van der Waals surface area contributed by atoms with Crippen molar-refractivity contribution in [2.45, 2.75) is 38.4 Å². The fourth-order valence-corrected chi connectivity index (χ4v) is 4.51. The Hall–Kier alpha value is -4.81. The molecule has 40 heavy (non-hydrogen) atoms. The first kappa shape index (κ1) is 25.5. The maximum Gasteiger partial charge on any atom is 0.435 e. The van der Waals surface area contributed by atoms with Crippen LogP contribution in [0.1, 0.15) is 41.4 Å². The van der Waals surface area contributed by atoms with Crippen molar-refractivity contribution in [3.05, 3.63) is 72.2 Å². The maximum absolute atomic E-state index is 13.1. The highest BCUT2D eigenvalue weighted by molar-refractivity contribution is 5.87. The predicted molar refractivity (Wildman–Crippen MR) is 142 cm³/mol. The van der Waals surface area contributed by atoms with E-state index in [1.54, 1.807) is 43.3 Å². The Morgan fingerprint density at radius 2 is 1.90 bits per heavy atom. The number of anilines is 1. The molecule has 4 heterocycles. The van der Waals surface area contributed by atoms with E-state index in [2.05, 4.69) is 31.9 Å². The molecule has 0 unspecified atom stereocenters. The molecule has 10 nitrogen and oxygen atoms in total. The van der Waals surface area contributed by atoms with Gasteiger partial charge in [-0.05, 0) is 43.5 Å². The minimum Gasteiger partial charge on any atom is -0.480 e. The van der Waals surface area contributed by atoms with Crippen LogP contribution in [0.5, 0.6) is 5.88 Å². The third-order valence-electron chi connectivity index (χ3n) is 6.66. The Morgan fingerprint density at radius 1 is 1.12 bits per heavy atom. The minimum atomic E-state index is -4.50. The minimum absolute atomic E-state index is 0.302. The van der Waals surface area contributed by atoms with E-state index >= 15 is 0 Å². The Bertz CT molecular complexity index is 1720. The number of rotatable bonds is 8. The van der Waals surface area contributed by atoms with Crippen molar-refractivity contribution in [2.75, 3.05) is 12.4 Å². The summed E-state index contributed by atoms with van der Waals surface area (Å²) in [5.74, 6) is 1.60. The second-order valence-electron chi connectivity index (χ2n) is 9.42. The summed E-state index contributed by atoms with van der Waals surface area (Å²) in [6.45, 7) is 5.80. The van der Waals surface area contributed by atoms with Gasteiger partial charge in [-0.3, -0.25) is 4.57 Å². The smallest absolute Gasteiger partial charge is 0.435 e. The van der Waals surface area contributed by atoms with Gasteiger partial charge in [0.05, 0.1) is 18.5 Å². The van der Waals surface area contributed by atoms with Crippen molar-refractivity contribution in [2.24, 2.45) is 0 Å². The number of imidazole rings is 1. The van der Waals surface area contributed by atoms with Gasteiger partial charge in [-0.1, -0.05) is 18.7 Å². The summed E-state index contributed by atoms with van der Waals surface area (Å²) >= 11 is 0. The van der Waals surface area contributed by atoms with Crippen molar-refractivity contribution >= 4 is 23.2 Å². The monoisotopic (exact) mass is 547 g/mol. The lowest BCUT2D eigenvalue weighted by molar-refractivity contribution is -0.141. The molecule has 1 aliphatic carbocycles. The first-order valence-electron chi connectivity index (χ1n) is 12.5. The molecule has 1 N–H and O–H groups in total. The van der Waals surface area contributed by atoms with Crippen LogP contribution in [0, 0.1) is 6.92 Å². The number of nitrogens with one attached hydrogen (secondary N) is 1. The van der Waals surface area contributed by atoms with E-state index in [0.717, 1.165) is 30.2 Å². The number of benzene rings is 1. The zero-order valence-corrected chi connectivity index (χ0v) is 21.6. The molecule has 0 aliphatic heterocycles. The number of hydrogen-bond acceptors (Lipinski definition) is 8. The average molecular weight is 548 g/mol. The number of methoxy groups -OCH3 is 1. The van der Waals surface area contributed by atoms with Gasteiger partial charge in [-0.25, -0.2) is 29.6 Å². The number of ether oxygens (including phenoxy) is 1. The van der Waals surface area contributed by atoms with E-state index in [0.29, 0.717) is 58.1 Å². The van der Waals surface area contributed by atoms with Crippen LogP contribution in [0.3, 0.4) is 0 Å². The highest BCUT2D eigenvalue weighted by atomic mass is 19.4. The molecule has 13 heteroatoms. The molecule has 4 aromatic heterocycles. The van der Waals surface area contributed by atoms with Gasteiger partial charge in [0.2, 0.25) is 5.88 Å². The number of halogens is 3. The van der Waals surface area contributed by atoms with Crippen LogP contribution < -0.4 is 10.1 Å². The molecule has 0 bridgehead atoms. The number of alkyl halides is 3. The largest absolute Gasteiger partial charge is 0.480 e. The summed E-state index contributed by atoms with van der Waals surface area (Å²) in [6, 6.07) is 8.10. The molecule has 6 rings (SSSR count). The lowest BCUT2D eigenvalue weighted by Crippen LogP contribution is -2.08. The van der Waals surface area contributed by atoms with Gasteiger partial charge < -0.3 is 10.1 Å². The summed E-state index contributed by atoms with van der Waals surface area (Å²) < 4.78 is 47.8. The number of nitrogens with zero attached hydrogens (tertiary/aromatic N) is 8. The van der Waals surface area contributed by atoms with E-state index in [-0.39, 0.29) is 0 Å². The van der Waals surface area contributed by atoms with E-state index < -0.39 is 11.9 Å². The van der Waals surface area contributed by atoms with Crippen molar-refractivity contribution in [1.29, 1.82) is 0 Å². The number of fused-ring (bicyclic) bond motifs is 1. The summed E-state index contributed by atoms with van der Waals surface area (Å²) in [4.78, 5) is 22.8. The zero-order chi connectivity index (χ0) is 28.0. The van der Waals surface area contributed by atoms with Gasteiger partial charge in [0.15, 0.2) is 28.5 Å². The topological polar surface area (TPSA) is 108 Å². The molecular weight excluding hydrogens is 523 g/mol. The van der Waals surface area contributed by atoms with Crippen LogP contribution in [0.15, 0.2) is 49.6 Å². The summed E-state index contributed by atoms with van der Waals surface area (Å²) in [5.41, 5.74) is 3.46. The van der Waals surface area contributed by atoms with Gasteiger partial charge in [0.25, 0.3) is 0 Å². The van der Waals surface area contributed by atoms with Crippen molar-refractivity contribution in [3.63, 3.8) is 0 Å². The molecule has 1 aliphatic rings. The van der Waals surface area contributed by atoms with Crippen LogP contribution >= 0.6 is 0 Å². The summed E-state index contributed by atoms with van der Waals surface area (Å²) in [6.07, 6.45) is 2.25. The Kier molecular flexibility index (Phi) is 6.20. The third-order valence-corrected chi connectivity index (χ3v) is 6.66. The number of aromatic nitrogens is 8. The van der Waals surface area contributed by atoms with Gasteiger partial charge in [0.1, 0.15) is 18.2 Å². The Balaban J connectivity index is 1.32. The van der Waals surface area contributed by atoms with Gasteiger partial charge in [-0.2, -0.15) is 18.3 Å². The molecule has 1 fully saturated rings. The molecule has 1 aromatic carbocycles. The van der Waals surface area contributed by atoms with E-state index in [1.807, 2.05) is 12.1 Å². The van der Waals surface area contributed by atoms with Crippen LogP contribution in [0.2, 0.25) is 0 Å². The Morgan fingerprint density at radius 3 is 2.55 bits per heavy atom. The number of hydrogen-bond donors (Lipinski definition) is 1. The van der Waals surface area contributed by atoms with E-state index in [9.17, 15) is 13.2 Å². The number of aryl methyl sites for hydroxylation is 1. The lowest BCUT2D eigenvalue weighted by Gasteiger charge is -2.13. The van der Waals surface area contributed by atoms with Crippen LogP contribution in [-0.4, -0.2) is 46.4 Å². The van der Waals surface area contributed by atoms with Crippen LogP contribution in [0.25, 0.3) is 34.4 Å². The molecule has 0 amide bonds. The lowest BCUT2D eigenvalue weighted by atomic mass is 10.1. The van der Waals surface area contributed by atoms with Gasteiger partial charge >= 0.3 is 6.18 Å². The molecule has 0 radical (unpaired) electrons. The normalized spacial score (nSPS) is 13.5. The average Bonchev–Trinajstić information content (AvgIpc) is 3.59. The first-order valence-corrected chi connectivity index (χ1v) is 12.5. The molecule has 5 aromatic rings. The second kappa shape index (κ2) is 9.74. The molecule has 0 atom stereocenters. The Labute approximate surface area is 226 Å². The molecule has 0 saturated heterocycles. The quantitative estimate of drug-likeness (QED) is 0.275. The maximum atomic E-state index is 13.1. The van der Waals surface area contributed by atoms with Gasteiger partial charge in [0, 0.05) is 24.4 Å². The standard InChI is InChI=1S/C27H24F3N9O/c1-4-38-14-34-22-24(35-23(36-25(22)38)20-21(17-7-8-17)32-13-33-26(20)40-3)31-12-16-5-9-18(10-6-16)39-15(2)11-19(37-39)27(28,29)30/h4-6,9-11,13-14,17H,1,7-8,12H2,2-3H3,(H,31,35,36). The molecule has 204 valence electrons. The van der Waals surface area contributed by atoms with Crippen molar-refractivity contribution in [1.82, 2.24) is 39.3 Å². The zero-order valence-electron chi connectivity index (χ0n) is 21.6. The van der Waals surface area contributed by atoms with Crippen LogP contribution in [-0.2, 0) is 12.7 Å². The summed E-state index contributed by atoms with van der Waals surface area (Å²) in [7, 11) is 1.55. The second-order valence-corrected chi connectivity index (χ2v) is 9.42. The SMILES string of the molecule is C=Cn1cnc2c(NCc3ccc(-n4nc(C(F)(F)F)cc4C)cc3)nc(-c3c(OC)ncnc3C3CC3)nc21. The third kappa shape index (κ3) is 4.63. The van der Waals surface area contributed by atoms with Crippen molar-refractivity contribution < 1.29 is 17.9 Å². The van der Waals surface area contributed by atoms with Crippen LogP contribution in [0.4, 0.5) is 19.0 Å². The predicted octanol–water partition coefficient (Wildman–Crippen LogP) is 5.39. The highest BCUT2D eigenvalue weighted by Gasteiger charge is 2.35. The molecule has 0 spiro atoms. The summed E-state index contributed by atoms with van der Waals surface area (Å²) in [5, 5.41) is 7.05. The van der Waals surface area contributed by atoms with E-state index in [1.165, 1.54) is 11.0 Å². The molecular formula is C27H24F3N9O. The fourth-order valence-electron chi connectivity index (χ4n) is 4.51. The highest BCUT2D eigenvalue weighted by Crippen LogP contribution is 2.45. The first-order chi connectivity index (χ1) is 19.3. The van der Waals surface area contributed by atoms with Gasteiger partial charge in [-0.15, -0.1) is 0 Å². The molecule has 1 saturated carbocycles. The van der Waals surface area contributed by atoms with E-state index in [4.69, 9.17) is 14.7 Å².